The van der Waals surface area contributed by atoms with Crippen molar-refractivity contribution in [1.82, 2.24) is 9.97 Å². The van der Waals surface area contributed by atoms with Crippen molar-refractivity contribution >= 4 is 11.6 Å². The smallest absolute Gasteiger partial charge is 0.131 e. The van der Waals surface area contributed by atoms with E-state index in [1.165, 1.54) is 38.5 Å². The number of nitrogen functional groups attached to an aromatic ring is 1. The van der Waals surface area contributed by atoms with Gasteiger partial charge < -0.3 is 11.1 Å². The largest absolute Gasteiger partial charge is 0.384 e. The van der Waals surface area contributed by atoms with Crippen molar-refractivity contribution in [2.45, 2.75) is 57.9 Å². The summed E-state index contributed by atoms with van der Waals surface area (Å²) in [6, 6.07) is 1.86. The predicted octanol–water partition coefficient (Wildman–Crippen LogP) is 3.22. The third kappa shape index (κ3) is 1.88. The van der Waals surface area contributed by atoms with E-state index in [0.29, 0.717) is 16.6 Å². The van der Waals surface area contributed by atoms with Gasteiger partial charge in [0.25, 0.3) is 0 Å². The van der Waals surface area contributed by atoms with Gasteiger partial charge in [0.15, 0.2) is 0 Å². The van der Waals surface area contributed by atoms with E-state index < -0.39 is 0 Å². The first-order valence-corrected chi connectivity index (χ1v) is 7.74. The first kappa shape index (κ1) is 12.4. The van der Waals surface area contributed by atoms with Gasteiger partial charge in [-0.2, -0.15) is 0 Å². The molecule has 4 saturated carbocycles. The fraction of sp³-hybridized carbons (Fsp3) is 0.750. The third-order valence-electron chi connectivity index (χ3n) is 5.71. The molecule has 1 aromatic heterocycles. The molecule has 1 heterocycles. The molecule has 20 heavy (non-hydrogen) atoms. The molecular weight excluding hydrogens is 248 g/mol. The van der Waals surface area contributed by atoms with Crippen LogP contribution in [0.4, 0.5) is 11.6 Å². The Bertz CT molecular complexity index is 537. The van der Waals surface area contributed by atoms with E-state index in [4.69, 9.17) is 5.73 Å². The highest BCUT2D eigenvalue weighted by atomic mass is 15.1. The monoisotopic (exact) mass is 272 g/mol. The minimum absolute atomic E-state index is 0.226. The quantitative estimate of drug-likeness (QED) is 0.867. The van der Waals surface area contributed by atoms with Crippen LogP contribution in [0.2, 0.25) is 0 Å². The van der Waals surface area contributed by atoms with E-state index in [-0.39, 0.29) is 5.54 Å². The van der Waals surface area contributed by atoms with Gasteiger partial charge in [0.2, 0.25) is 0 Å². The zero-order valence-corrected chi connectivity index (χ0v) is 12.4. The summed E-state index contributed by atoms with van der Waals surface area (Å²) in [6.07, 6.45) is 9.62. The molecule has 0 aliphatic heterocycles. The van der Waals surface area contributed by atoms with Crippen LogP contribution in [0.25, 0.3) is 0 Å². The summed E-state index contributed by atoms with van der Waals surface area (Å²) in [5.74, 6) is 2.32. The van der Waals surface area contributed by atoms with Crippen molar-refractivity contribution in [3.63, 3.8) is 0 Å². The summed E-state index contributed by atoms with van der Waals surface area (Å²) >= 11 is 0. The molecule has 5 rings (SSSR count). The summed E-state index contributed by atoms with van der Waals surface area (Å²) in [4.78, 5) is 8.35. The highest BCUT2D eigenvalue weighted by molar-refractivity contribution is 5.46. The van der Waals surface area contributed by atoms with Crippen LogP contribution >= 0.6 is 0 Å². The van der Waals surface area contributed by atoms with Crippen LogP contribution in [0.1, 0.15) is 52.4 Å². The van der Waals surface area contributed by atoms with Crippen LogP contribution in [-0.2, 0) is 0 Å². The molecule has 4 fully saturated rings. The molecule has 4 nitrogen and oxygen atoms in total. The molecule has 0 radical (unpaired) electrons. The van der Waals surface area contributed by atoms with Gasteiger partial charge in [-0.05, 0) is 55.3 Å². The molecule has 0 amide bonds. The Morgan fingerprint density at radius 2 is 1.80 bits per heavy atom. The molecule has 4 bridgehead atoms. The number of anilines is 2. The standard InChI is InChI=1S/C16H24N4/c1-14-4-11-5-15(2,7-14)9-16(6-11,8-14)20-13-3-12(17)18-10-19-13/h3,10-11H,4-9H2,1-2H3,(H3,17,18,19,20). The Kier molecular flexibility index (Phi) is 2.27. The number of nitrogens with two attached hydrogens (primary N) is 1. The lowest BCUT2D eigenvalue weighted by Gasteiger charge is -2.65. The molecule has 1 aromatic rings. The average molecular weight is 272 g/mol. The summed E-state index contributed by atoms with van der Waals surface area (Å²) < 4.78 is 0. The number of rotatable bonds is 2. The van der Waals surface area contributed by atoms with Crippen LogP contribution in [0, 0.1) is 16.7 Å². The SMILES string of the molecule is CC12CC3CC(C)(C1)CC(Nc1cc(N)ncn1)(C3)C2. The molecule has 108 valence electrons. The van der Waals surface area contributed by atoms with E-state index in [1.54, 1.807) is 6.33 Å². The molecule has 2 unspecified atom stereocenters. The van der Waals surface area contributed by atoms with Crippen molar-refractivity contribution in [2.24, 2.45) is 16.7 Å². The number of nitrogens with one attached hydrogen (secondary N) is 1. The van der Waals surface area contributed by atoms with Gasteiger partial charge in [-0.1, -0.05) is 13.8 Å². The van der Waals surface area contributed by atoms with E-state index in [0.717, 1.165) is 11.7 Å². The fourth-order valence-corrected chi connectivity index (χ4v) is 6.30. The lowest BCUT2D eigenvalue weighted by Crippen LogP contribution is -2.61. The second-order valence-electron chi connectivity index (χ2n) is 8.36. The molecule has 0 aromatic carbocycles. The Labute approximate surface area is 120 Å². The fourth-order valence-electron chi connectivity index (χ4n) is 6.30. The summed E-state index contributed by atoms with van der Waals surface area (Å²) in [6.45, 7) is 4.97. The van der Waals surface area contributed by atoms with Gasteiger partial charge in [0, 0.05) is 11.6 Å². The van der Waals surface area contributed by atoms with Crippen LogP contribution < -0.4 is 11.1 Å². The van der Waals surface area contributed by atoms with Gasteiger partial charge in [-0.15, -0.1) is 0 Å². The van der Waals surface area contributed by atoms with Gasteiger partial charge in [-0.3, -0.25) is 0 Å². The summed E-state index contributed by atoms with van der Waals surface area (Å²) in [5.41, 5.74) is 7.04. The maximum absolute atomic E-state index is 5.79. The normalized spacial score (nSPS) is 45.6. The summed E-state index contributed by atoms with van der Waals surface area (Å²) in [7, 11) is 0. The molecule has 4 aliphatic rings. The van der Waals surface area contributed by atoms with Gasteiger partial charge in [-0.25, -0.2) is 9.97 Å². The third-order valence-corrected chi connectivity index (χ3v) is 5.71. The first-order valence-electron chi connectivity index (χ1n) is 7.74. The molecular formula is C16H24N4. The van der Waals surface area contributed by atoms with E-state index in [9.17, 15) is 0 Å². The van der Waals surface area contributed by atoms with Gasteiger partial charge >= 0.3 is 0 Å². The van der Waals surface area contributed by atoms with Crippen LogP contribution in [0.15, 0.2) is 12.4 Å². The number of aromatic nitrogens is 2. The maximum Gasteiger partial charge on any atom is 0.131 e. The molecule has 4 aliphatic carbocycles. The second-order valence-corrected chi connectivity index (χ2v) is 8.36. The molecule has 0 saturated heterocycles. The van der Waals surface area contributed by atoms with Crippen molar-refractivity contribution < 1.29 is 0 Å². The van der Waals surface area contributed by atoms with Crippen molar-refractivity contribution in [3.8, 4) is 0 Å². The van der Waals surface area contributed by atoms with Gasteiger partial charge in [0.1, 0.15) is 18.0 Å². The molecule has 2 atom stereocenters. The lowest BCUT2D eigenvalue weighted by atomic mass is 9.43. The Balaban J connectivity index is 1.67. The van der Waals surface area contributed by atoms with E-state index >= 15 is 0 Å². The molecule has 4 heteroatoms. The van der Waals surface area contributed by atoms with Crippen LogP contribution in [0.3, 0.4) is 0 Å². The second kappa shape index (κ2) is 3.66. The summed E-state index contributed by atoms with van der Waals surface area (Å²) in [5, 5.41) is 3.75. The van der Waals surface area contributed by atoms with Crippen LogP contribution in [0.5, 0.6) is 0 Å². The Morgan fingerprint density at radius 3 is 2.40 bits per heavy atom. The highest BCUT2D eigenvalue weighted by Gasteiger charge is 2.60. The predicted molar refractivity (Wildman–Crippen MR) is 80.2 cm³/mol. The van der Waals surface area contributed by atoms with Crippen LogP contribution in [-0.4, -0.2) is 15.5 Å². The average Bonchev–Trinajstić information content (AvgIpc) is 2.22. The minimum atomic E-state index is 0.226. The van der Waals surface area contributed by atoms with Crippen molar-refractivity contribution in [3.05, 3.63) is 12.4 Å². The number of hydrogen-bond acceptors (Lipinski definition) is 4. The zero-order chi connectivity index (χ0) is 14.0. The molecule has 0 spiro atoms. The maximum atomic E-state index is 5.79. The first-order chi connectivity index (χ1) is 9.38. The van der Waals surface area contributed by atoms with Crippen molar-refractivity contribution in [2.75, 3.05) is 11.1 Å². The number of hydrogen-bond donors (Lipinski definition) is 2. The molecule has 3 N–H and O–H groups in total. The number of nitrogens with zero attached hydrogens (tertiary/aromatic N) is 2. The van der Waals surface area contributed by atoms with Crippen molar-refractivity contribution in [1.29, 1.82) is 0 Å². The highest BCUT2D eigenvalue weighted by Crippen LogP contribution is 2.66. The topological polar surface area (TPSA) is 63.8 Å². The zero-order valence-electron chi connectivity index (χ0n) is 12.4. The van der Waals surface area contributed by atoms with E-state index in [2.05, 4.69) is 29.1 Å². The minimum Gasteiger partial charge on any atom is -0.384 e. The lowest BCUT2D eigenvalue weighted by molar-refractivity contribution is -0.0973. The Morgan fingerprint density at radius 1 is 1.10 bits per heavy atom. The Hall–Kier alpha value is -1.32. The van der Waals surface area contributed by atoms with E-state index in [1.807, 2.05) is 6.07 Å². The van der Waals surface area contributed by atoms with Gasteiger partial charge in [0.05, 0.1) is 0 Å².